The summed E-state index contributed by atoms with van der Waals surface area (Å²) in [7, 11) is 0. The molecule has 1 atom stereocenters. The molecule has 0 amide bonds. The van der Waals surface area contributed by atoms with Crippen molar-refractivity contribution in [2.75, 3.05) is 0 Å². The van der Waals surface area contributed by atoms with Gasteiger partial charge in [-0.25, -0.2) is 0 Å². The molecule has 0 saturated carbocycles. The van der Waals surface area contributed by atoms with Crippen molar-refractivity contribution >= 4 is 0 Å². The fraction of sp³-hybridized carbons (Fsp3) is 0.750. The molecule has 0 saturated heterocycles. The topological polar surface area (TPSA) is 60.7 Å². The van der Waals surface area contributed by atoms with Gasteiger partial charge in [0.15, 0.2) is 0 Å². The van der Waals surface area contributed by atoms with Crippen molar-refractivity contribution < 1.29 is 15.3 Å². The van der Waals surface area contributed by atoms with Crippen LogP contribution in [0.3, 0.4) is 0 Å². The van der Waals surface area contributed by atoms with E-state index < -0.39 is 6.10 Å². The summed E-state index contributed by atoms with van der Waals surface area (Å²) in [6, 6.07) is 1.62. The molecule has 0 bridgehead atoms. The summed E-state index contributed by atoms with van der Waals surface area (Å²) in [5.41, 5.74) is 1.88. The molecule has 27 heavy (non-hydrogen) atoms. The fourth-order valence-corrected chi connectivity index (χ4v) is 3.90. The minimum atomic E-state index is -0.704. The molecule has 1 aromatic rings. The van der Waals surface area contributed by atoms with Gasteiger partial charge >= 0.3 is 0 Å². The van der Waals surface area contributed by atoms with E-state index in [1.165, 1.54) is 57.8 Å². The molecular formula is C24H42O3. The van der Waals surface area contributed by atoms with E-state index in [1.54, 1.807) is 13.0 Å². The lowest BCUT2D eigenvalue weighted by Crippen LogP contribution is -2.03. The lowest BCUT2D eigenvalue weighted by Gasteiger charge is -2.18. The fourth-order valence-electron chi connectivity index (χ4n) is 3.90. The number of aryl methyl sites for hydroxylation is 1. The highest BCUT2D eigenvalue weighted by molar-refractivity contribution is 5.52. The number of unbranched alkanes of at least 4 members (excludes halogenated alkanes) is 10. The Bertz CT molecular complexity index is 525. The van der Waals surface area contributed by atoms with Gasteiger partial charge in [0.1, 0.15) is 11.5 Å². The standard InChI is InChI=1S/C24H42O3/c1-4-6-7-8-9-10-11-12-13-14-15-17-21(25)23-19(3)24(27)20(16-5-2)18-22(23)26/h18,21,25-27H,4-17H2,1-3H3. The molecular weight excluding hydrogens is 336 g/mol. The molecule has 156 valence electrons. The van der Waals surface area contributed by atoms with Crippen LogP contribution < -0.4 is 0 Å². The molecule has 3 N–H and O–H groups in total. The Labute approximate surface area is 166 Å². The largest absolute Gasteiger partial charge is 0.508 e. The van der Waals surface area contributed by atoms with Crippen molar-refractivity contribution in [2.45, 2.75) is 117 Å². The van der Waals surface area contributed by atoms with Gasteiger partial charge in [-0.2, -0.15) is 0 Å². The molecule has 0 aliphatic heterocycles. The normalized spacial score (nSPS) is 12.4. The third-order valence-electron chi connectivity index (χ3n) is 5.58. The maximum atomic E-state index is 10.5. The zero-order chi connectivity index (χ0) is 20.1. The number of aliphatic hydroxyl groups excluding tert-OH is 1. The van der Waals surface area contributed by atoms with Gasteiger partial charge in [-0.3, -0.25) is 0 Å². The van der Waals surface area contributed by atoms with Crippen molar-refractivity contribution in [3.63, 3.8) is 0 Å². The lowest BCUT2D eigenvalue weighted by atomic mass is 9.93. The average molecular weight is 379 g/mol. The minimum Gasteiger partial charge on any atom is -0.508 e. The van der Waals surface area contributed by atoms with Crippen LogP contribution in [0.25, 0.3) is 0 Å². The van der Waals surface area contributed by atoms with Crippen LogP contribution in [0.2, 0.25) is 0 Å². The summed E-state index contributed by atoms with van der Waals surface area (Å²) >= 11 is 0. The first kappa shape index (κ1) is 23.8. The second-order valence-electron chi connectivity index (χ2n) is 8.03. The van der Waals surface area contributed by atoms with E-state index in [0.717, 1.165) is 31.2 Å². The number of aromatic hydroxyl groups is 2. The number of hydrogen-bond donors (Lipinski definition) is 3. The maximum absolute atomic E-state index is 10.5. The Morgan fingerprint density at radius 1 is 0.778 bits per heavy atom. The lowest BCUT2D eigenvalue weighted by molar-refractivity contribution is 0.158. The molecule has 0 radical (unpaired) electrons. The summed E-state index contributed by atoms with van der Waals surface area (Å²) in [6.07, 6.45) is 15.6. The summed E-state index contributed by atoms with van der Waals surface area (Å²) in [5.74, 6) is 0.340. The summed E-state index contributed by atoms with van der Waals surface area (Å²) in [6.45, 7) is 6.08. The molecule has 0 heterocycles. The van der Waals surface area contributed by atoms with E-state index in [9.17, 15) is 15.3 Å². The van der Waals surface area contributed by atoms with Crippen molar-refractivity contribution in [2.24, 2.45) is 0 Å². The number of rotatable bonds is 15. The molecule has 3 heteroatoms. The third kappa shape index (κ3) is 8.55. The molecule has 1 unspecified atom stereocenters. The van der Waals surface area contributed by atoms with Gasteiger partial charge in [0.05, 0.1) is 6.10 Å². The van der Waals surface area contributed by atoms with E-state index >= 15 is 0 Å². The second kappa shape index (κ2) is 13.9. The molecule has 0 aliphatic rings. The number of aliphatic hydroxyl groups is 1. The molecule has 3 nitrogen and oxygen atoms in total. The van der Waals surface area contributed by atoms with Crippen LogP contribution >= 0.6 is 0 Å². The minimum absolute atomic E-state index is 0.115. The summed E-state index contributed by atoms with van der Waals surface area (Å²) in [5, 5.41) is 31.1. The summed E-state index contributed by atoms with van der Waals surface area (Å²) in [4.78, 5) is 0. The van der Waals surface area contributed by atoms with Crippen LogP contribution in [0, 0.1) is 6.92 Å². The number of phenols is 2. The zero-order valence-electron chi connectivity index (χ0n) is 17.9. The van der Waals surface area contributed by atoms with Gasteiger partial charge in [0, 0.05) is 11.1 Å². The molecule has 1 aromatic carbocycles. The van der Waals surface area contributed by atoms with Gasteiger partial charge in [-0.15, -0.1) is 0 Å². The third-order valence-corrected chi connectivity index (χ3v) is 5.58. The number of phenolic OH excluding ortho intramolecular Hbond substituents is 2. The van der Waals surface area contributed by atoms with Gasteiger partial charge in [-0.05, 0) is 31.4 Å². The number of benzene rings is 1. The Kier molecular flexibility index (Phi) is 12.2. The highest BCUT2D eigenvalue weighted by Gasteiger charge is 2.20. The van der Waals surface area contributed by atoms with E-state index in [2.05, 4.69) is 6.92 Å². The zero-order valence-corrected chi connectivity index (χ0v) is 17.9. The SMILES string of the molecule is CCCCCCCCCCCCCC(O)c1c(O)cc(CCC)c(O)c1C. The van der Waals surface area contributed by atoms with Crippen LogP contribution in [0.1, 0.15) is 120 Å². The smallest absolute Gasteiger partial charge is 0.122 e. The first-order valence-corrected chi connectivity index (χ1v) is 11.2. The van der Waals surface area contributed by atoms with E-state index in [-0.39, 0.29) is 11.5 Å². The molecule has 1 rings (SSSR count). The number of hydrogen-bond acceptors (Lipinski definition) is 3. The first-order valence-electron chi connectivity index (χ1n) is 11.2. The van der Waals surface area contributed by atoms with Gasteiger partial charge in [-0.1, -0.05) is 90.9 Å². The van der Waals surface area contributed by atoms with Crippen molar-refractivity contribution in [3.8, 4) is 11.5 Å². The van der Waals surface area contributed by atoms with Crippen LogP contribution in [0.5, 0.6) is 11.5 Å². The van der Waals surface area contributed by atoms with Crippen LogP contribution in [0.4, 0.5) is 0 Å². The predicted octanol–water partition coefficient (Wildman–Crippen LogP) is 7.09. The van der Waals surface area contributed by atoms with Crippen LogP contribution in [-0.2, 0) is 6.42 Å². The van der Waals surface area contributed by atoms with Gasteiger partial charge < -0.3 is 15.3 Å². The highest BCUT2D eigenvalue weighted by Crippen LogP contribution is 2.38. The first-order chi connectivity index (χ1) is 13.0. The Hall–Kier alpha value is -1.22. The highest BCUT2D eigenvalue weighted by atomic mass is 16.3. The summed E-state index contributed by atoms with van der Waals surface area (Å²) < 4.78 is 0. The monoisotopic (exact) mass is 378 g/mol. The second-order valence-corrected chi connectivity index (χ2v) is 8.03. The average Bonchev–Trinajstić information content (AvgIpc) is 2.64. The van der Waals surface area contributed by atoms with Crippen LogP contribution in [0.15, 0.2) is 6.07 Å². The van der Waals surface area contributed by atoms with Crippen molar-refractivity contribution in [3.05, 3.63) is 22.8 Å². The molecule has 0 aromatic heterocycles. The quantitative estimate of drug-likeness (QED) is 0.225. The van der Waals surface area contributed by atoms with E-state index in [0.29, 0.717) is 17.5 Å². The Balaban J connectivity index is 2.27. The van der Waals surface area contributed by atoms with Crippen molar-refractivity contribution in [1.29, 1.82) is 0 Å². The Morgan fingerprint density at radius 2 is 1.30 bits per heavy atom. The van der Waals surface area contributed by atoms with Crippen LogP contribution in [-0.4, -0.2) is 15.3 Å². The van der Waals surface area contributed by atoms with E-state index in [1.807, 2.05) is 6.92 Å². The van der Waals surface area contributed by atoms with Gasteiger partial charge in [0.2, 0.25) is 0 Å². The molecule has 0 spiro atoms. The predicted molar refractivity (Wildman–Crippen MR) is 115 cm³/mol. The molecule has 0 fully saturated rings. The van der Waals surface area contributed by atoms with E-state index in [4.69, 9.17) is 0 Å². The van der Waals surface area contributed by atoms with Gasteiger partial charge in [0.25, 0.3) is 0 Å². The maximum Gasteiger partial charge on any atom is 0.122 e. The van der Waals surface area contributed by atoms with Crippen molar-refractivity contribution in [1.82, 2.24) is 0 Å². The molecule has 0 aliphatic carbocycles. The Morgan fingerprint density at radius 3 is 1.81 bits per heavy atom.